The number of aliphatic carboxylic acids is 1. The van der Waals surface area contributed by atoms with Crippen molar-refractivity contribution in [3.8, 4) is 0 Å². The van der Waals surface area contributed by atoms with Crippen LogP contribution in [0.3, 0.4) is 0 Å². The van der Waals surface area contributed by atoms with Gasteiger partial charge in [0.25, 0.3) is 6.29 Å². The fourth-order valence-electron chi connectivity index (χ4n) is 12.4. The van der Waals surface area contributed by atoms with Gasteiger partial charge in [0.1, 0.15) is 13.2 Å². The fourth-order valence-corrected chi connectivity index (χ4v) is 12.4. The van der Waals surface area contributed by atoms with Crippen LogP contribution in [0.2, 0.25) is 0 Å². The number of hydrogen-bond acceptors (Lipinski definition) is 7. The van der Waals surface area contributed by atoms with Crippen LogP contribution in [0, 0.1) is 0 Å². The maximum absolute atomic E-state index is 13.0. The first kappa shape index (κ1) is 90.2. The van der Waals surface area contributed by atoms with Gasteiger partial charge in [0.2, 0.25) is 0 Å². The molecule has 0 aromatic carbocycles. The molecule has 9 nitrogen and oxygen atoms in total. The summed E-state index contributed by atoms with van der Waals surface area (Å²) in [5, 5.41) is 9.78. The minimum absolute atomic E-state index is 0.176. The van der Waals surface area contributed by atoms with Crippen LogP contribution in [0.25, 0.3) is 0 Å². The number of allylic oxidation sites excluding steroid dienone is 8. The van der Waals surface area contributed by atoms with Gasteiger partial charge < -0.3 is 28.5 Å². The number of nitrogens with zero attached hydrogens (tertiary/aromatic N) is 1. The van der Waals surface area contributed by atoms with Crippen LogP contribution in [0.1, 0.15) is 412 Å². The van der Waals surface area contributed by atoms with E-state index in [-0.39, 0.29) is 38.2 Å². The second-order valence-corrected chi connectivity index (χ2v) is 29.1. The van der Waals surface area contributed by atoms with Gasteiger partial charge in [0, 0.05) is 12.8 Å². The Morgan fingerprint density at radius 2 is 0.613 bits per heavy atom. The highest BCUT2D eigenvalue weighted by molar-refractivity contribution is 5.71. The standard InChI is InChI=1S/C84H157NO8/c1-6-8-10-12-14-16-18-20-22-24-26-28-30-32-34-36-38-40-41-43-44-46-48-50-52-54-56-58-60-62-64-66-68-70-72-74-81(86)91-78-80(79-92-84(83(88)89)90-77-76-85(3,4)5)93-82(87)75-73-71-69-67-65-63-61-59-57-55-53-51-49-47-45-42-39-37-35-33-31-29-27-25-23-21-19-17-15-13-11-9-7-2/h9,11,15,17,21,23,27,29,80,84H,6-8,10,12-14,16,18-20,22,24-26,28,30-79H2,1-5H3/p+1/b11-9-,17-15-,23-21-,29-27-. The van der Waals surface area contributed by atoms with Gasteiger partial charge in [-0.05, 0) is 51.4 Å². The molecule has 1 N–H and O–H groups in total. The number of unbranched alkanes of at least 4 members (excludes halogenated alkanes) is 54. The number of carboxylic acid groups (broad SMARTS) is 1. The molecule has 2 unspecified atom stereocenters. The summed E-state index contributed by atoms with van der Waals surface area (Å²) in [6.45, 7) is 4.85. The molecule has 0 spiro atoms. The predicted octanol–water partition coefficient (Wildman–Crippen LogP) is 26.0. The summed E-state index contributed by atoms with van der Waals surface area (Å²) in [6, 6.07) is 0. The highest BCUT2D eigenvalue weighted by atomic mass is 16.7. The van der Waals surface area contributed by atoms with Crippen LogP contribution in [0.5, 0.6) is 0 Å². The summed E-state index contributed by atoms with van der Waals surface area (Å²) in [4.78, 5) is 37.7. The monoisotopic (exact) mass is 1310 g/mol. The third-order valence-corrected chi connectivity index (χ3v) is 18.6. The smallest absolute Gasteiger partial charge is 0.361 e. The quantitative estimate of drug-likeness (QED) is 0.0211. The average molecular weight is 1310 g/mol. The predicted molar refractivity (Wildman–Crippen MR) is 401 cm³/mol. The van der Waals surface area contributed by atoms with E-state index in [1.165, 1.54) is 321 Å². The Kier molecular flexibility index (Phi) is 72.8. The summed E-state index contributed by atoms with van der Waals surface area (Å²) in [6.07, 6.45) is 95.7. The molecule has 0 fully saturated rings. The third kappa shape index (κ3) is 76.5. The van der Waals surface area contributed by atoms with E-state index in [9.17, 15) is 19.5 Å². The van der Waals surface area contributed by atoms with Gasteiger partial charge in [-0.1, -0.05) is 396 Å². The van der Waals surface area contributed by atoms with Gasteiger partial charge in [-0.2, -0.15) is 0 Å². The number of carboxylic acids is 1. The lowest BCUT2D eigenvalue weighted by Crippen LogP contribution is -2.40. The Morgan fingerprint density at radius 1 is 0.333 bits per heavy atom. The molecule has 0 rings (SSSR count). The second-order valence-electron chi connectivity index (χ2n) is 29.1. The Morgan fingerprint density at radius 3 is 0.914 bits per heavy atom. The summed E-state index contributed by atoms with van der Waals surface area (Å²) in [5.74, 6) is -1.97. The zero-order valence-corrected chi connectivity index (χ0v) is 62.7. The van der Waals surface area contributed by atoms with Gasteiger partial charge >= 0.3 is 17.9 Å². The Hall–Kier alpha value is -2.75. The molecular weight excluding hydrogens is 1150 g/mol. The molecule has 546 valence electrons. The second kappa shape index (κ2) is 75.0. The van der Waals surface area contributed by atoms with Crippen LogP contribution in [-0.2, 0) is 33.3 Å². The zero-order chi connectivity index (χ0) is 67.5. The summed E-state index contributed by atoms with van der Waals surface area (Å²) in [5.41, 5.74) is 0. The van der Waals surface area contributed by atoms with Crippen molar-refractivity contribution < 1.29 is 42.9 Å². The first-order valence-corrected chi connectivity index (χ1v) is 40.8. The van der Waals surface area contributed by atoms with Crippen molar-refractivity contribution in [2.45, 2.75) is 424 Å². The fraction of sp³-hybridized carbons (Fsp3) is 0.869. The minimum atomic E-state index is -1.51. The maximum atomic E-state index is 13.0. The van der Waals surface area contributed by atoms with E-state index in [1.807, 2.05) is 21.1 Å². The molecule has 0 saturated carbocycles. The van der Waals surface area contributed by atoms with Crippen molar-refractivity contribution in [2.24, 2.45) is 0 Å². The van der Waals surface area contributed by atoms with Crippen molar-refractivity contribution >= 4 is 17.9 Å². The third-order valence-electron chi connectivity index (χ3n) is 18.6. The van der Waals surface area contributed by atoms with Crippen molar-refractivity contribution in [1.82, 2.24) is 0 Å². The number of ether oxygens (including phenoxy) is 4. The Bertz CT molecular complexity index is 1670. The van der Waals surface area contributed by atoms with E-state index >= 15 is 0 Å². The van der Waals surface area contributed by atoms with E-state index in [2.05, 4.69) is 62.5 Å². The molecule has 9 heteroatoms. The summed E-state index contributed by atoms with van der Waals surface area (Å²) >= 11 is 0. The number of quaternary nitrogens is 1. The molecule has 0 aromatic rings. The molecule has 0 bridgehead atoms. The van der Waals surface area contributed by atoms with Crippen molar-refractivity contribution in [3.05, 3.63) is 48.6 Å². The molecule has 2 atom stereocenters. The van der Waals surface area contributed by atoms with Gasteiger partial charge in [0.15, 0.2) is 6.10 Å². The largest absolute Gasteiger partial charge is 0.477 e. The number of hydrogen-bond donors (Lipinski definition) is 1. The first-order chi connectivity index (χ1) is 45.6. The SMILES string of the molecule is CC/C=C\C/C=C\C/C=C\C/C=C\CCCCCCCCCCCCCCCCCCCCCCC(=O)OC(COC(=O)CCCCCCCCCCCCCCCCCCCCCCCCCCCCCCCCCCCCC)COC(OCC[N+](C)(C)C)C(=O)O. The number of likely N-dealkylation sites (N-methyl/N-ethyl adjacent to an activating group) is 1. The number of rotatable bonds is 77. The molecule has 0 saturated heterocycles. The highest BCUT2D eigenvalue weighted by Gasteiger charge is 2.25. The summed E-state index contributed by atoms with van der Waals surface area (Å²) < 4.78 is 23.1. The van der Waals surface area contributed by atoms with Gasteiger partial charge in [-0.25, -0.2) is 4.79 Å². The van der Waals surface area contributed by atoms with Crippen LogP contribution in [-0.4, -0.2) is 87.4 Å². The lowest BCUT2D eigenvalue weighted by atomic mass is 10.0. The molecule has 0 amide bonds. The Labute approximate surface area is 578 Å². The van der Waals surface area contributed by atoms with Gasteiger partial charge in [-0.3, -0.25) is 9.59 Å². The van der Waals surface area contributed by atoms with E-state index < -0.39 is 18.4 Å². The van der Waals surface area contributed by atoms with E-state index in [0.29, 0.717) is 17.4 Å². The molecule has 0 radical (unpaired) electrons. The Balaban J connectivity index is 3.95. The molecule has 0 heterocycles. The van der Waals surface area contributed by atoms with E-state index in [1.54, 1.807) is 0 Å². The van der Waals surface area contributed by atoms with Crippen LogP contribution in [0.15, 0.2) is 48.6 Å². The van der Waals surface area contributed by atoms with Crippen LogP contribution >= 0.6 is 0 Å². The number of carbonyl (C=O) groups is 3. The van der Waals surface area contributed by atoms with Crippen molar-refractivity contribution in [1.29, 1.82) is 0 Å². The first-order valence-electron chi connectivity index (χ1n) is 40.8. The molecule has 0 aliphatic rings. The van der Waals surface area contributed by atoms with Gasteiger partial charge in [-0.15, -0.1) is 0 Å². The number of esters is 2. The topological polar surface area (TPSA) is 108 Å². The molecule has 93 heavy (non-hydrogen) atoms. The zero-order valence-electron chi connectivity index (χ0n) is 62.7. The number of carbonyl (C=O) groups excluding carboxylic acids is 2. The minimum Gasteiger partial charge on any atom is -0.477 e. The average Bonchev–Trinajstić information content (AvgIpc) is 3.74. The summed E-state index contributed by atoms with van der Waals surface area (Å²) in [7, 11) is 6.00. The lowest BCUT2D eigenvalue weighted by Gasteiger charge is -2.25. The van der Waals surface area contributed by atoms with E-state index in [0.717, 1.165) is 64.2 Å². The van der Waals surface area contributed by atoms with Crippen molar-refractivity contribution in [3.63, 3.8) is 0 Å². The normalized spacial score (nSPS) is 12.8. The molecular formula is C84H158NO8+. The van der Waals surface area contributed by atoms with Crippen LogP contribution < -0.4 is 0 Å². The van der Waals surface area contributed by atoms with Gasteiger partial charge in [0.05, 0.1) is 34.4 Å². The van der Waals surface area contributed by atoms with Crippen LogP contribution in [0.4, 0.5) is 0 Å². The molecule has 0 aromatic heterocycles. The lowest BCUT2D eigenvalue weighted by molar-refractivity contribution is -0.870. The molecule has 0 aliphatic carbocycles. The maximum Gasteiger partial charge on any atom is 0.361 e. The highest BCUT2D eigenvalue weighted by Crippen LogP contribution is 2.20. The molecule has 0 aliphatic heterocycles. The van der Waals surface area contributed by atoms with E-state index in [4.69, 9.17) is 18.9 Å². The van der Waals surface area contributed by atoms with Crippen molar-refractivity contribution in [2.75, 3.05) is 47.5 Å².